The first-order valence-corrected chi connectivity index (χ1v) is 7.05. The highest BCUT2D eigenvalue weighted by Gasteiger charge is 2.30. The summed E-state index contributed by atoms with van der Waals surface area (Å²) in [7, 11) is 1.39. The Labute approximate surface area is 132 Å². The first-order chi connectivity index (χ1) is 10.6. The molecule has 0 spiro atoms. The highest BCUT2D eigenvalue weighted by atomic mass is 19.4. The fourth-order valence-corrected chi connectivity index (χ4v) is 2.00. The van der Waals surface area contributed by atoms with E-state index in [1.807, 2.05) is 0 Å². The second-order valence-electron chi connectivity index (χ2n) is 5.18. The van der Waals surface area contributed by atoms with Gasteiger partial charge in [0.2, 0.25) is 0 Å². The predicted molar refractivity (Wildman–Crippen MR) is 77.8 cm³/mol. The third kappa shape index (κ3) is 5.80. The molecule has 0 aliphatic heterocycles. The molecule has 0 aromatic heterocycles. The van der Waals surface area contributed by atoms with Crippen molar-refractivity contribution in [2.75, 3.05) is 7.05 Å². The van der Waals surface area contributed by atoms with Gasteiger partial charge in [-0.3, -0.25) is 0 Å². The van der Waals surface area contributed by atoms with Gasteiger partial charge in [-0.15, -0.1) is 0 Å². The first-order valence-electron chi connectivity index (χ1n) is 7.05. The van der Waals surface area contributed by atoms with E-state index in [1.165, 1.54) is 19.2 Å². The van der Waals surface area contributed by atoms with E-state index in [4.69, 9.17) is 5.11 Å². The molecule has 8 heteroatoms. The molecular formula is C15H19F3N2O3. The topological polar surface area (TPSA) is 69.6 Å². The summed E-state index contributed by atoms with van der Waals surface area (Å²) in [4.78, 5) is 24.1. The van der Waals surface area contributed by atoms with Crippen molar-refractivity contribution in [3.63, 3.8) is 0 Å². The number of urea groups is 1. The number of carbonyl (C=O) groups is 2. The maximum Gasteiger partial charge on any atom is 0.416 e. The molecule has 0 heterocycles. The van der Waals surface area contributed by atoms with Gasteiger partial charge in [0.15, 0.2) is 0 Å². The number of hydrogen-bond acceptors (Lipinski definition) is 2. The molecule has 0 saturated carbocycles. The van der Waals surface area contributed by atoms with Crippen molar-refractivity contribution in [2.24, 2.45) is 0 Å². The molecule has 0 saturated heterocycles. The molecule has 1 aromatic rings. The molecular weight excluding hydrogens is 313 g/mol. The minimum absolute atomic E-state index is 0.0613. The minimum atomic E-state index is -4.45. The number of hydrogen-bond donors (Lipinski definition) is 2. The lowest BCUT2D eigenvalue weighted by Gasteiger charge is -2.21. The number of carboxylic acids is 1. The summed E-state index contributed by atoms with van der Waals surface area (Å²) in [5.41, 5.74) is -0.488. The van der Waals surface area contributed by atoms with Gasteiger partial charge in [-0.05, 0) is 24.1 Å². The summed E-state index contributed by atoms with van der Waals surface area (Å²) in [5, 5.41) is 11.3. The van der Waals surface area contributed by atoms with E-state index >= 15 is 0 Å². The molecule has 1 atom stereocenters. The van der Waals surface area contributed by atoms with Gasteiger partial charge in [0.25, 0.3) is 0 Å². The molecule has 2 amide bonds. The Hall–Kier alpha value is -2.25. The first kappa shape index (κ1) is 18.8. The smallest absolute Gasteiger partial charge is 0.416 e. The van der Waals surface area contributed by atoms with Gasteiger partial charge in [-0.2, -0.15) is 13.2 Å². The SMILES string of the molecule is CCC[C@@H](NC(=O)N(C)Cc1cccc(C(F)(F)F)c1)C(=O)O. The van der Waals surface area contributed by atoms with Crippen LogP contribution in [0.25, 0.3) is 0 Å². The zero-order valence-corrected chi connectivity index (χ0v) is 12.9. The largest absolute Gasteiger partial charge is 0.480 e. The molecule has 0 fully saturated rings. The summed E-state index contributed by atoms with van der Waals surface area (Å²) in [6.45, 7) is 1.72. The van der Waals surface area contributed by atoms with E-state index in [9.17, 15) is 22.8 Å². The third-order valence-electron chi connectivity index (χ3n) is 3.19. The van der Waals surface area contributed by atoms with Crippen LogP contribution in [0.5, 0.6) is 0 Å². The van der Waals surface area contributed by atoms with Crippen LogP contribution in [0.2, 0.25) is 0 Å². The van der Waals surface area contributed by atoms with Gasteiger partial charge >= 0.3 is 18.2 Å². The molecule has 0 aliphatic carbocycles. The summed E-state index contributed by atoms with van der Waals surface area (Å²) < 4.78 is 38.0. The van der Waals surface area contributed by atoms with Crippen molar-refractivity contribution in [1.82, 2.24) is 10.2 Å². The number of nitrogens with one attached hydrogen (secondary N) is 1. The average molecular weight is 332 g/mol. The molecule has 128 valence electrons. The van der Waals surface area contributed by atoms with Gasteiger partial charge in [-0.25, -0.2) is 9.59 Å². The molecule has 0 unspecified atom stereocenters. The van der Waals surface area contributed by atoms with Gasteiger partial charge in [0, 0.05) is 13.6 Å². The van der Waals surface area contributed by atoms with E-state index in [-0.39, 0.29) is 13.0 Å². The quantitative estimate of drug-likeness (QED) is 0.841. The second-order valence-corrected chi connectivity index (χ2v) is 5.18. The summed E-state index contributed by atoms with van der Waals surface area (Å²) in [5.74, 6) is -1.15. The van der Waals surface area contributed by atoms with Crippen molar-refractivity contribution in [3.8, 4) is 0 Å². The van der Waals surface area contributed by atoms with Gasteiger partial charge in [0.1, 0.15) is 6.04 Å². The van der Waals surface area contributed by atoms with E-state index in [0.29, 0.717) is 12.0 Å². The summed E-state index contributed by atoms with van der Waals surface area (Å²) in [6, 6.07) is 2.98. The van der Waals surface area contributed by atoms with Gasteiger partial charge in [0.05, 0.1) is 5.56 Å². The van der Waals surface area contributed by atoms with Crippen LogP contribution in [0.4, 0.5) is 18.0 Å². The molecule has 0 bridgehead atoms. The van der Waals surface area contributed by atoms with E-state index in [2.05, 4.69) is 5.32 Å². The van der Waals surface area contributed by atoms with Crippen LogP contribution < -0.4 is 5.32 Å². The molecule has 0 aliphatic rings. The number of aliphatic carboxylic acids is 1. The zero-order chi connectivity index (χ0) is 17.6. The van der Waals surface area contributed by atoms with E-state index in [1.54, 1.807) is 6.92 Å². The van der Waals surface area contributed by atoms with Crippen molar-refractivity contribution >= 4 is 12.0 Å². The molecule has 5 nitrogen and oxygen atoms in total. The Morgan fingerprint density at radius 3 is 2.52 bits per heavy atom. The lowest BCUT2D eigenvalue weighted by Crippen LogP contribution is -2.46. The monoisotopic (exact) mass is 332 g/mol. The normalized spacial score (nSPS) is 12.6. The number of carboxylic acid groups (broad SMARTS) is 1. The van der Waals surface area contributed by atoms with Crippen molar-refractivity contribution in [3.05, 3.63) is 35.4 Å². The number of halogens is 3. The van der Waals surface area contributed by atoms with Crippen molar-refractivity contribution in [2.45, 2.75) is 38.5 Å². The van der Waals surface area contributed by atoms with Crippen molar-refractivity contribution < 1.29 is 27.9 Å². The van der Waals surface area contributed by atoms with Crippen LogP contribution in [0, 0.1) is 0 Å². The molecule has 23 heavy (non-hydrogen) atoms. The van der Waals surface area contributed by atoms with E-state index in [0.717, 1.165) is 17.0 Å². The fraction of sp³-hybridized carbons (Fsp3) is 0.467. The van der Waals surface area contributed by atoms with Gasteiger partial charge in [-0.1, -0.05) is 25.5 Å². The highest BCUT2D eigenvalue weighted by molar-refractivity contribution is 5.82. The molecule has 1 aromatic carbocycles. The summed E-state index contributed by atoms with van der Waals surface area (Å²) >= 11 is 0. The second kappa shape index (κ2) is 7.85. The maximum atomic E-state index is 12.7. The maximum absolute atomic E-state index is 12.7. The Balaban J connectivity index is 2.73. The fourth-order valence-electron chi connectivity index (χ4n) is 2.00. The molecule has 1 rings (SSSR count). The molecule has 2 N–H and O–H groups in total. The van der Waals surface area contributed by atoms with Crippen LogP contribution in [-0.2, 0) is 17.5 Å². The van der Waals surface area contributed by atoms with Gasteiger partial charge < -0.3 is 15.3 Å². The van der Waals surface area contributed by atoms with Crippen LogP contribution >= 0.6 is 0 Å². The Morgan fingerprint density at radius 2 is 2.00 bits per heavy atom. The minimum Gasteiger partial charge on any atom is -0.480 e. The predicted octanol–water partition coefficient (Wildman–Crippen LogP) is 3.10. The van der Waals surface area contributed by atoms with Crippen LogP contribution in [0.15, 0.2) is 24.3 Å². The number of nitrogens with zero attached hydrogens (tertiary/aromatic N) is 1. The zero-order valence-electron chi connectivity index (χ0n) is 12.9. The number of benzene rings is 1. The Kier molecular flexibility index (Phi) is 6.41. The van der Waals surface area contributed by atoms with Crippen LogP contribution in [-0.4, -0.2) is 35.1 Å². The standard InChI is InChI=1S/C15H19F3N2O3/c1-3-5-12(13(21)22)19-14(23)20(2)9-10-6-4-7-11(8-10)15(16,17)18/h4,6-8,12H,3,5,9H2,1-2H3,(H,19,23)(H,21,22)/t12-/m1/s1. The lowest BCUT2D eigenvalue weighted by molar-refractivity contribution is -0.139. The summed E-state index contributed by atoms with van der Waals surface area (Å²) in [6.07, 6.45) is -3.60. The number of alkyl halides is 3. The molecule has 0 radical (unpaired) electrons. The Morgan fingerprint density at radius 1 is 1.35 bits per heavy atom. The van der Waals surface area contributed by atoms with Crippen molar-refractivity contribution in [1.29, 1.82) is 0 Å². The lowest BCUT2D eigenvalue weighted by atomic mass is 10.1. The highest BCUT2D eigenvalue weighted by Crippen LogP contribution is 2.29. The number of carbonyl (C=O) groups excluding carboxylic acids is 1. The van der Waals surface area contributed by atoms with Crippen LogP contribution in [0.1, 0.15) is 30.9 Å². The van der Waals surface area contributed by atoms with E-state index < -0.39 is 29.8 Å². The Bertz CT molecular complexity index is 561. The number of amides is 2. The van der Waals surface area contributed by atoms with Crippen LogP contribution in [0.3, 0.4) is 0 Å². The third-order valence-corrected chi connectivity index (χ3v) is 3.19. The average Bonchev–Trinajstić information content (AvgIpc) is 2.45. The number of rotatable bonds is 6.